The van der Waals surface area contributed by atoms with Crippen molar-refractivity contribution in [3.05, 3.63) is 114 Å². The summed E-state index contributed by atoms with van der Waals surface area (Å²) in [5.74, 6) is 0.949. The predicted octanol–water partition coefficient (Wildman–Crippen LogP) is 6.51. The molecule has 0 saturated carbocycles. The highest BCUT2D eigenvalue weighted by Gasteiger charge is 2.16. The maximum atomic E-state index is 6.60. The fourth-order valence-corrected chi connectivity index (χ4v) is 3.39. The highest BCUT2D eigenvalue weighted by atomic mass is 16.5. The Morgan fingerprint density at radius 2 is 1.38 bits per heavy atom. The van der Waals surface area contributed by atoms with Gasteiger partial charge < -0.3 is 4.74 Å². The summed E-state index contributed by atoms with van der Waals surface area (Å²) in [5, 5.41) is 2.38. The van der Waals surface area contributed by atoms with Crippen LogP contribution in [0.3, 0.4) is 0 Å². The maximum Gasteiger partial charge on any atom is 0.128 e. The molecule has 0 spiro atoms. The normalized spacial score (nSPS) is 12.0. The number of fused-ring (bicyclic) bond motifs is 1. The van der Waals surface area contributed by atoms with Gasteiger partial charge in [-0.3, -0.25) is 0 Å². The minimum atomic E-state index is -0.0243. The van der Waals surface area contributed by atoms with E-state index < -0.39 is 0 Å². The van der Waals surface area contributed by atoms with Crippen LogP contribution in [0.15, 0.2) is 97.1 Å². The molecule has 0 saturated heterocycles. The van der Waals surface area contributed by atoms with Crippen LogP contribution in [-0.4, -0.2) is 0 Å². The van der Waals surface area contributed by atoms with Crippen LogP contribution in [0.4, 0.5) is 0 Å². The lowest BCUT2D eigenvalue weighted by molar-refractivity contribution is 0.209. The summed E-state index contributed by atoms with van der Waals surface area (Å²) in [6, 6.07) is 33.8. The van der Waals surface area contributed by atoms with Crippen molar-refractivity contribution < 1.29 is 4.74 Å². The standard InChI is InChI=1S/C25H22O/c1-19-16-22-14-8-9-15-23(22)25(17-19)26-24(21-12-6-3-7-13-21)18-20-10-4-2-5-11-20/h2-17,24H,18H2,1H3. The van der Waals surface area contributed by atoms with Gasteiger partial charge in [0.2, 0.25) is 0 Å². The third-order valence-electron chi connectivity index (χ3n) is 4.67. The van der Waals surface area contributed by atoms with Crippen LogP contribution in [0.2, 0.25) is 0 Å². The molecule has 0 radical (unpaired) electrons. The van der Waals surface area contributed by atoms with E-state index in [0.717, 1.165) is 17.6 Å². The van der Waals surface area contributed by atoms with E-state index in [0.29, 0.717) is 0 Å². The van der Waals surface area contributed by atoms with Gasteiger partial charge in [-0.05, 0) is 35.1 Å². The molecule has 0 aliphatic rings. The van der Waals surface area contributed by atoms with Gasteiger partial charge >= 0.3 is 0 Å². The molecule has 4 rings (SSSR count). The summed E-state index contributed by atoms with van der Waals surface area (Å²) >= 11 is 0. The largest absolute Gasteiger partial charge is 0.485 e. The van der Waals surface area contributed by atoms with E-state index >= 15 is 0 Å². The number of rotatable bonds is 5. The van der Waals surface area contributed by atoms with Crippen LogP contribution >= 0.6 is 0 Å². The van der Waals surface area contributed by atoms with Crippen LogP contribution in [0.5, 0.6) is 5.75 Å². The van der Waals surface area contributed by atoms with Crippen molar-refractivity contribution in [2.24, 2.45) is 0 Å². The minimum Gasteiger partial charge on any atom is -0.485 e. The van der Waals surface area contributed by atoms with Crippen LogP contribution in [0.25, 0.3) is 10.8 Å². The lowest BCUT2D eigenvalue weighted by Crippen LogP contribution is -2.11. The lowest BCUT2D eigenvalue weighted by Gasteiger charge is -2.21. The zero-order valence-electron chi connectivity index (χ0n) is 14.9. The van der Waals surface area contributed by atoms with Crippen LogP contribution in [0.1, 0.15) is 22.8 Å². The average Bonchev–Trinajstić information content (AvgIpc) is 2.69. The highest BCUT2D eigenvalue weighted by Crippen LogP contribution is 2.32. The summed E-state index contributed by atoms with van der Waals surface area (Å²) in [5.41, 5.74) is 3.69. The molecule has 1 nitrogen and oxygen atoms in total. The van der Waals surface area contributed by atoms with Gasteiger partial charge in [0.25, 0.3) is 0 Å². The molecule has 0 aliphatic heterocycles. The molecule has 0 amide bonds. The van der Waals surface area contributed by atoms with E-state index in [1.807, 2.05) is 6.07 Å². The first-order valence-corrected chi connectivity index (χ1v) is 9.04. The van der Waals surface area contributed by atoms with E-state index in [2.05, 4.69) is 97.9 Å². The topological polar surface area (TPSA) is 9.23 Å². The number of aryl methyl sites for hydroxylation is 1. The molecule has 1 atom stereocenters. The van der Waals surface area contributed by atoms with Crippen molar-refractivity contribution >= 4 is 10.8 Å². The summed E-state index contributed by atoms with van der Waals surface area (Å²) in [7, 11) is 0. The third-order valence-corrected chi connectivity index (χ3v) is 4.67. The zero-order chi connectivity index (χ0) is 17.8. The van der Waals surface area contributed by atoms with Crippen molar-refractivity contribution in [3.63, 3.8) is 0 Å². The van der Waals surface area contributed by atoms with Crippen molar-refractivity contribution in [1.82, 2.24) is 0 Å². The first-order valence-electron chi connectivity index (χ1n) is 9.04. The number of benzene rings is 4. The van der Waals surface area contributed by atoms with Crippen LogP contribution in [-0.2, 0) is 6.42 Å². The fraction of sp³-hybridized carbons (Fsp3) is 0.120. The molecule has 0 N–H and O–H groups in total. The molecular formula is C25H22O. The van der Waals surface area contributed by atoms with E-state index in [1.165, 1.54) is 22.1 Å². The first kappa shape index (κ1) is 16.4. The lowest BCUT2D eigenvalue weighted by atomic mass is 10.0. The third kappa shape index (κ3) is 3.62. The molecule has 0 heterocycles. The average molecular weight is 338 g/mol. The molecule has 26 heavy (non-hydrogen) atoms. The SMILES string of the molecule is Cc1cc(OC(Cc2ccccc2)c2ccccc2)c2ccccc2c1. The van der Waals surface area contributed by atoms with Crippen LogP contribution < -0.4 is 4.74 Å². The molecule has 0 aromatic heterocycles. The van der Waals surface area contributed by atoms with E-state index in [1.54, 1.807) is 0 Å². The smallest absolute Gasteiger partial charge is 0.128 e. The molecule has 0 fully saturated rings. The Kier molecular flexibility index (Phi) is 4.70. The molecule has 1 unspecified atom stereocenters. The number of ether oxygens (including phenoxy) is 1. The molecule has 4 aromatic rings. The minimum absolute atomic E-state index is 0.0243. The van der Waals surface area contributed by atoms with Crippen molar-refractivity contribution in [2.75, 3.05) is 0 Å². The van der Waals surface area contributed by atoms with E-state index in [9.17, 15) is 0 Å². The highest BCUT2D eigenvalue weighted by molar-refractivity contribution is 5.89. The van der Waals surface area contributed by atoms with Gasteiger partial charge in [0.05, 0.1) is 0 Å². The van der Waals surface area contributed by atoms with Crippen molar-refractivity contribution in [1.29, 1.82) is 0 Å². The summed E-state index contributed by atoms with van der Waals surface area (Å²) in [6.45, 7) is 2.12. The van der Waals surface area contributed by atoms with Gasteiger partial charge in [0.15, 0.2) is 0 Å². The Balaban J connectivity index is 1.73. The van der Waals surface area contributed by atoms with Gasteiger partial charge in [0, 0.05) is 11.8 Å². The summed E-state index contributed by atoms with van der Waals surface area (Å²) in [4.78, 5) is 0. The molecule has 1 heteroatoms. The van der Waals surface area contributed by atoms with Crippen molar-refractivity contribution in [3.8, 4) is 5.75 Å². The molecule has 0 aliphatic carbocycles. The van der Waals surface area contributed by atoms with Gasteiger partial charge in [-0.25, -0.2) is 0 Å². The van der Waals surface area contributed by atoms with Gasteiger partial charge in [-0.1, -0.05) is 91.0 Å². The Bertz CT molecular complexity index is 990. The van der Waals surface area contributed by atoms with Gasteiger partial charge in [0.1, 0.15) is 11.9 Å². The quantitative estimate of drug-likeness (QED) is 0.403. The maximum absolute atomic E-state index is 6.60. The van der Waals surface area contributed by atoms with E-state index in [4.69, 9.17) is 4.74 Å². The summed E-state index contributed by atoms with van der Waals surface area (Å²) in [6.07, 6.45) is 0.816. The Morgan fingerprint density at radius 1 is 0.731 bits per heavy atom. The molecule has 128 valence electrons. The number of hydrogen-bond donors (Lipinski definition) is 0. The second kappa shape index (κ2) is 7.45. The summed E-state index contributed by atoms with van der Waals surface area (Å²) < 4.78 is 6.60. The van der Waals surface area contributed by atoms with Crippen LogP contribution in [0, 0.1) is 6.92 Å². The Labute approximate surface area is 154 Å². The second-order valence-electron chi connectivity index (χ2n) is 6.69. The Morgan fingerprint density at radius 3 is 2.15 bits per heavy atom. The van der Waals surface area contributed by atoms with Gasteiger partial charge in [-0.2, -0.15) is 0 Å². The monoisotopic (exact) mass is 338 g/mol. The molecule has 4 aromatic carbocycles. The molecular weight excluding hydrogens is 316 g/mol. The first-order chi connectivity index (χ1) is 12.8. The second-order valence-corrected chi connectivity index (χ2v) is 6.69. The Hall–Kier alpha value is -3.06. The van der Waals surface area contributed by atoms with Crippen molar-refractivity contribution in [2.45, 2.75) is 19.4 Å². The zero-order valence-corrected chi connectivity index (χ0v) is 14.9. The van der Waals surface area contributed by atoms with E-state index in [-0.39, 0.29) is 6.10 Å². The van der Waals surface area contributed by atoms with Gasteiger partial charge in [-0.15, -0.1) is 0 Å². The fourth-order valence-electron chi connectivity index (χ4n) is 3.39. The number of hydrogen-bond acceptors (Lipinski definition) is 1. The molecule has 0 bridgehead atoms. The predicted molar refractivity (Wildman–Crippen MR) is 109 cm³/mol.